The smallest absolute Gasteiger partial charge is 0.329 e. The summed E-state index contributed by atoms with van der Waals surface area (Å²) in [6.07, 6.45) is -1.59. The lowest BCUT2D eigenvalue weighted by Crippen LogP contribution is -2.45. The molecule has 3 N–H and O–H groups in total. The number of carboxylic acids is 1. The fourth-order valence-corrected chi connectivity index (χ4v) is 2.16. The number of aliphatic hydroxyl groups excluding tert-OH is 1. The molecule has 25 heavy (non-hydrogen) atoms. The van der Waals surface area contributed by atoms with E-state index in [-0.39, 0.29) is 5.56 Å². The monoisotopic (exact) mass is 351 g/mol. The summed E-state index contributed by atoms with van der Waals surface area (Å²) in [7, 11) is 1.45. The normalized spacial score (nSPS) is 13.0. The Morgan fingerprint density at radius 3 is 2.28 bits per heavy atom. The Labute approximate surface area is 141 Å². The third-order valence-electron chi connectivity index (χ3n) is 3.50. The molecule has 0 heterocycles. The SMILES string of the molecule is COc1ccc(C(O)C(NC(=O)c2ccc(F)cc2F)C(=O)O)cc1. The summed E-state index contributed by atoms with van der Waals surface area (Å²) in [5, 5.41) is 21.5. The molecule has 0 bridgehead atoms. The lowest BCUT2D eigenvalue weighted by atomic mass is 10.0. The summed E-state index contributed by atoms with van der Waals surface area (Å²) in [6, 6.07) is 6.42. The number of carbonyl (C=O) groups excluding carboxylic acids is 1. The summed E-state index contributed by atoms with van der Waals surface area (Å²) in [4.78, 5) is 23.4. The van der Waals surface area contributed by atoms with Crippen molar-refractivity contribution in [3.63, 3.8) is 0 Å². The van der Waals surface area contributed by atoms with Crippen LogP contribution in [0.4, 0.5) is 8.78 Å². The van der Waals surface area contributed by atoms with Crippen LogP contribution in [0.5, 0.6) is 5.75 Å². The van der Waals surface area contributed by atoms with Crippen molar-refractivity contribution in [1.29, 1.82) is 0 Å². The van der Waals surface area contributed by atoms with Crippen LogP contribution in [0.25, 0.3) is 0 Å². The van der Waals surface area contributed by atoms with Gasteiger partial charge in [0, 0.05) is 6.07 Å². The number of benzene rings is 2. The van der Waals surface area contributed by atoms with Gasteiger partial charge in [0.25, 0.3) is 5.91 Å². The minimum atomic E-state index is -1.73. The molecule has 0 aromatic heterocycles. The van der Waals surface area contributed by atoms with Gasteiger partial charge < -0.3 is 20.3 Å². The fraction of sp³-hybridized carbons (Fsp3) is 0.176. The first kappa shape index (κ1) is 18.3. The number of methoxy groups -OCH3 is 1. The number of aliphatic hydroxyl groups is 1. The van der Waals surface area contributed by atoms with E-state index in [1.807, 2.05) is 5.32 Å². The van der Waals surface area contributed by atoms with E-state index >= 15 is 0 Å². The topological polar surface area (TPSA) is 95.9 Å². The van der Waals surface area contributed by atoms with E-state index in [2.05, 4.69) is 0 Å². The molecule has 0 spiro atoms. The van der Waals surface area contributed by atoms with Crippen molar-refractivity contribution >= 4 is 11.9 Å². The summed E-state index contributed by atoms with van der Waals surface area (Å²) in [5.41, 5.74) is -0.317. The van der Waals surface area contributed by atoms with E-state index in [9.17, 15) is 28.6 Å². The minimum Gasteiger partial charge on any atom is -0.497 e. The van der Waals surface area contributed by atoms with Crippen LogP contribution in [0.2, 0.25) is 0 Å². The molecule has 6 nitrogen and oxygen atoms in total. The van der Waals surface area contributed by atoms with Gasteiger partial charge in [-0.15, -0.1) is 0 Å². The predicted molar refractivity (Wildman–Crippen MR) is 83.2 cm³/mol. The molecule has 132 valence electrons. The third kappa shape index (κ3) is 4.30. The molecule has 0 aliphatic heterocycles. The molecular formula is C17H15F2NO5. The Balaban J connectivity index is 2.22. The summed E-state index contributed by atoms with van der Waals surface area (Å²) < 4.78 is 31.5. The molecular weight excluding hydrogens is 336 g/mol. The van der Waals surface area contributed by atoms with Crippen LogP contribution < -0.4 is 10.1 Å². The molecule has 2 rings (SSSR count). The minimum absolute atomic E-state index is 0.216. The summed E-state index contributed by atoms with van der Waals surface area (Å²) >= 11 is 0. The van der Waals surface area contributed by atoms with Crippen molar-refractivity contribution in [3.05, 3.63) is 65.2 Å². The van der Waals surface area contributed by atoms with Crippen LogP contribution in [0.3, 0.4) is 0 Å². The number of nitrogens with one attached hydrogen (secondary N) is 1. The lowest BCUT2D eigenvalue weighted by Gasteiger charge is -2.21. The molecule has 0 aliphatic carbocycles. The number of ether oxygens (including phenoxy) is 1. The van der Waals surface area contributed by atoms with Crippen LogP contribution in [-0.4, -0.2) is 35.2 Å². The maximum atomic E-state index is 13.6. The fourth-order valence-electron chi connectivity index (χ4n) is 2.16. The van der Waals surface area contributed by atoms with Gasteiger partial charge in [-0.1, -0.05) is 12.1 Å². The van der Waals surface area contributed by atoms with Gasteiger partial charge in [-0.25, -0.2) is 13.6 Å². The Bertz CT molecular complexity index is 779. The molecule has 2 aromatic rings. The maximum Gasteiger partial charge on any atom is 0.329 e. The molecule has 2 aromatic carbocycles. The van der Waals surface area contributed by atoms with E-state index in [4.69, 9.17) is 4.74 Å². The highest BCUT2D eigenvalue weighted by Crippen LogP contribution is 2.21. The quantitative estimate of drug-likeness (QED) is 0.739. The van der Waals surface area contributed by atoms with Crippen molar-refractivity contribution in [2.45, 2.75) is 12.1 Å². The Morgan fingerprint density at radius 2 is 1.76 bits per heavy atom. The van der Waals surface area contributed by atoms with Crippen molar-refractivity contribution in [2.24, 2.45) is 0 Å². The van der Waals surface area contributed by atoms with Crippen molar-refractivity contribution < 1.29 is 33.3 Å². The highest BCUT2D eigenvalue weighted by Gasteiger charge is 2.30. The third-order valence-corrected chi connectivity index (χ3v) is 3.50. The van der Waals surface area contributed by atoms with Crippen molar-refractivity contribution in [2.75, 3.05) is 7.11 Å². The van der Waals surface area contributed by atoms with E-state index < -0.39 is 41.2 Å². The molecule has 2 unspecified atom stereocenters. The van der Waals surface area contributed by atoms with Crippen LogP contribution in [0.1, 0.15) is 22.0 Å². The molecule has 0 aliphatic rings. The van der Waals surface area contributed by atoms with Gasteiger partial charge in [0.05, 0.1) is 12.7 Å². The van der Waals surface area contributed by atoms with E-state index in [1.165, 1.54) is 31.4 Å². The summed E-state index contributed by atoms with van der Waals surface area (Å²) in [6.45, 7) is 0. The second-order valence-corrected chi connectivity index (χ2v) is 5.13. The van der Waals surface area contributed by atoms with Gasteiger partial charge in [-0.2, -0.15) is 0 Å². The van der Waals surface area contributed by atoms with Crippen LogP contribution >= 0.6 is 0 Å². The van der Waals surface area contributed by atoms with Gasteiger partial charge in [0.1, 0.15) is 23.5 Å². The molecule has 8 heteroatoms. The molecule has 0 saturated heterocycles. The van der Waals surface area contributed by atoms with Crippen molar-refractivity contribution in [1.82, 2.24) is 5.32 Å². The van der Waals surface area contributed by atoms with Gasteiger partial charge >= 0.3 is 5.97 Å². The van der Waals surface area contributed by atoms with E-state index in [0.717, 1.165) is 12.1 Å². The number of carboxylic acid groups (broad SMARTS) is 1. The number of halogens is 2. The van der Waals surface area contributed by atoms with Crippen LogP contribution in [0.15, 0.2) is 42.5 Å². The van der Waals surface area contributed by atoms with Gasteiger partial charge in [-0.05, 0) is 29.8 Å². The van der Waals surface area contributed by atoms with E-state index in [0.29, 0.717) is 11.8 Å². The van der Waals surface area contributed by atoms with Crippen LogP contribution in [-0.2, 0) is 4.79 Å². The van der Waals surface area contributed by atoms with E-state index in [1.54, 1.807) is 0 Å². The Morgan fingerprint density at radius 1 is 1.12 bits per heavy atom. The van der Waals surface area contributed by atoms with Gasteiger partial charge in [-0.3, -0.25) is 4.79 Å². The second kappa shape index (κ2) is 7.71. The van der Waals surface area contributed by atoms with Crippen LogP contribution in [0, 0.1) is 11.6 Å². The second-order valence-electron chi connectivity index (χ2n) is 5.13. The Kier molecular flexibility index (Phi) is 5.66. The zero-order chi connectivity index (χ0) is 18.6. The predicted octanol–water partition coefficient (Wildman–Crippen LogP) is 1.89. The average molecular weight is 351 g/mol. The highest BCUT2D eigenvalue weighted by molar-refractivity contribution is 5.97. The lowest BCUT2D eigenvalue weighted by molar-refractivity contribution is -0.142. The average Bonchev–Trinajstić information content (AvgIpc) is 2.58. The highest BCUT2D eigenvalue weighted by atomic mass is 19.1. The van der Waals surface area contributed by atoms with Crippen molar-refractivity contribution in [3.8, 4) is 5.75 Å². The maximum absolute atomic E-state index is 13.6. The standard InChI is InChI=1S/C17H15F2NO5/c1-25-11-5-2-9(3-6-11)15(21)14(17(23)24)20-16(22)12-7-4-10(18)8-13(12)19/h2-8,14-15,21H,1H3,(H,20,22)(H,23,24). The van der Waals surface area contributed by atoms with Gasteiger partial charge in [0.2, 0.25) is 0 Å². The molecule has 0 saturated carbocycles. The number of carbonyl (C=O) groups is 2. The zero-order valence-corrected chi connectivity index (χ0v) is 13.1. The first-order valence-electron chi connectivity index (χ1n) is 7.14. The number of hydrogen-bond acceptors (Lipinski definition) is 4. The summed E-state index contributed by atoms with van der Waals surface area (Å²) in [5.74, 6) is -4.11. The molecule has 1 amide bonds. The number of aliphatic carboxylic acids is 1. The molecule has 2 atom stereocenters. The number of hydrogen-bond donors (Lipinski definition) is 3. The zero-order valence-electron chi connectivity index (χ0n) is 13.1. The first-order chi connectivity index (χ1) is 11.8. The largest absolute Gasteiger partial charge is 0.497 e. The van der Waals surface area contributed by atoms with Gasteiger partial charge in [0.15, 0.2) is 6.04 Å². The molecule has 0 fully saturated rings. The first-order valence-corrected chi connectivity index (χ1v) is 7.14. The number of amides is 1. The Hall–Kier alpha value is -3.00. The molecule has 0 radical (unpaired) electrons. The number of rotatable bonds is 6.